The predicted octanol–water partition coefficient (Wildman–Crippen LogP) is 4.98. The number of alkyl halides is 3. The third-order valence-corrected chi connectivity index (χ3v) is 3.26. The molecule has 0 atom stereocenters. The summed E-state index contributed by atoms with van der Waals surface area (Å²) in [5.41, 5.74) is -0.367. The van der Waals surface area contributed by atoms with Gasteiger partial charge in [0.15, 0.2) is 5.78 Å². The second-order valence-electron chi connectivity index (χ2n) is 4.64. The summed E-state index contributed by atoms with van der Waals surface area (Å²) < 4.78 is 37.9. The minimum atomic E-state index is -4.52. The first kappa shape index (κ1) is 17.0. The van der Waals surface area contributed by atoms with Crippen LogP contribution in [-0.4, -0.2) is 11.0 Å². The number of ketones is 1. The maximum Gasteiger partial charge on any atom is 0.416 e. The molecule has 0 bridgehead atoms. The Labute approximate surface area is 135 Å². The van der Waals surface area contributed by atoms with Gasteiger partial charge in [-0.05, 0) is 41.4 Å². The molecule has 0 fully saturated rings. The van der Waals surface area contributed by atoms with Crippen LogP contribution in [-0.2, 0) is 6.18 Å². The highest BCUT2D eigenvalue weighted by Gasteiger charge is 2.30. The summed E-state index contributed by atoms with van der Waals surface area (Å²) in [4.78, 5) is 23.3. The highest BCUT2D eigenvalue weighted by Crippen LogP contribution is 2.29. The van der Waals surface area contributed by atoms with Crippen LogP contribution in [0.2, 0.25) is 0 Å². The molecular formula is C17H10ClF3O2. The molecule has 6 heteroatoms. The van der Waals surface area contributed by atoms with Gasteiger partial charge in [0.05, 0.1) is 5.56 Å². The summed E-state index contributed by atoms with van der Waals surface area (Å²) in [7, 11) is 0. The second-order valence-corrected chi connectivity index (χ2v) is 4.98. The quantitative estimate of drug-likeness (QED) is 0.447. The van der Waals surface area contributed by atoms with Crippen LogP contribution in [0.1, 0.15) is 31.8 Å². The summed E-state index contributed by atoms with van der Waals surface area (Å²) in [5.74, 6) is -0.604. The van der Waals surface area contributed by atoms with Crippen molar-refractivity contribution in [2.45, 2.75) is 6.18 Å². The van der Waals surface area contributed by atoms with Crippen LogP contribution in [0.25, 0.3) is 6.08 Å². The first-order valence-electron chi connectivity index (χ1n) is 6.47. The van der Waals surface area contributed by atoms with Crippen LogP contribution < -0.4 is 0 Å². The monoisotopic (exact) mass is 338 g/mol. The van der Waals surface area contributed by atoms with Crippen molar-refractivity contribution in [2.24, 2.45) is 0 Å². The minimum absolute atomic E-state index is 0.0919. The number of rotatable bonds is 4. The van der Waals surface area contributed by atoms with Crippen LogP contribution in [0.3, 0.4) is 0 Å². The maximum atomic E-state index is 12.6. The Balaban J connectivity index is 2.28. The smallest absolute Gasteiger partial charge is 0.289 e. The zero-order valence-electron chi connectivity index (χ0n) is 11.6. The highest BCUT2D eigenvalue weighted by atomic mass is 35.5. The van der Waals surface area contributed by atoms with Crippen molar-refractivity contribution in [3.63, 3.8) is 0 Å². The van der Waals surface area contributed by atoms with Crippen LogP contribution >= 0.6 is 11.6 Å². The van der Waals surface area contributed by atoms with Gasteiger partial charge in [-0.2, -0.15) is 13.2 Å². The lowest BCUT2D eigenvalue weighted by molar-refractivity contribution is -0.137. The van der Waals surface area contributed by atoms with Gasteiger partial charge in [-0.1, -0.05) is 36.4 Å². The molecule has 23 heavy (non-hydrogen) atoms. The van der Waals surface area contributed by atoms with Crippen LogP contribution in [0.5, 0.6) is 0 Å². The molecule has 0 amide bonds. The van der Waals surface area contributed by atoms with Crippen molar-refractivity contribution in [3.8, 4) is 0 Å². The largest absolute Gasteiger partial charge is 0.416 e. The van der Waals surface area contributed by atoms with Gasteiger partial charge in [-0.25, -0.2) is 0 Å². The van der Waals surface area contributed by atoms with Gasteiger partial charge in [0.2, 0.25) is 0 Å². The summed E-state index contributed by atoms with van der Waals surface area (Å²) in [6.45, 7) is 0. The summed E-state index contributed by atoms with van der Waals surface area (Å²) >= 11 is 5.43. The Morgan fingerprint density at radius 3 is 2.35 bits per heavy atom. The zero-order chi connectivity index (χ0) is 17.0. The van der Waals surface area contributed by atoms with Gasteiger partial charge < -0.3 is 0 Å². The maximum absolute atomic E-state index is 12.6. The van der Waals surface area contributed by atoms with E-state index in [0.29, 0.717) is 5.56 Å². The van der Waals surface area contributed by atoms with Gasteiger partial charge in [-0.15, -0.1) is 0 Å². The van der Waals surface area contributed by atoms with Crippen molar-refractivity contribution in [1.82, 2.24) is 0 Å². The van der Waals surface area contributed by atoms with E-state index in [-0.39, 0.29) is 11.1 Å². The molecule has 0 aromatic heterocycles. The van der Waals surface area contributed by atoms with Crippen molar-refractivity contribution < 1.29 is 22.8 Å². The number of allylic oxidation sites excluding steroid dienone is 1. The molecule has 0 heterocycles. The Morgan fingerprint density at radius 1 is 1.00 bits per heavy atom. The molecule has 0 unspecified atom stereocenters. The van der Waals surface area contributed by atoms with E-state index >= 15 is 0 Å². The van der Waals surface area contributed by atoms with Gasteiger partial charge >= 0.3 is 6.18 Å². The number of hydrogen-bond donors (Lipinski definition) is 0. The van der Waals surface area contributed by atoms with Crippen LogP contribution in [0.4, 0.5) is 13.2 Å². The van der Waals surface area contributed by atoms with Gasteiger partial charge in [-0.3, -0.25) is 9.59 Å². The molecular weight excluding hydrogens is 329 g/mol. The van der Waals surface area contributed by atoms with Crippen molar-refractivity contribution in [3.05, 3.63) is 76.9 Å². The predicted molar refractivity (Wildman–Crippen MR) is 81.4 cm³/mol. The lowest BCUT2D eigenvalue weighted by atomic mass is 10.0. The zero-order valence-corrected chi connectivity index (χ0v) is 12.4. The average molecular weight is 339 g/mol. The fraction of sp³-hybridized carbons (Fsp3) is 0.0588. The normalized spacial score (nSPS) is 11.7. The number of halogens is 4. The van der Waals surface area contributed by atoms with E-state index in [9.17, 15) is 22.8 Å². The van der Waals surface area contributed by atoms with Gasteiger partial charge in [0.25, 0.3) is 5.24 Å². The Hall–Kier alpha value is -2.40. The summed E-state index contributed by atoms with van der Waals surface area (Å²) in [6.07, 6.45) is -2.07. The van der Waals surface area contributed by atoms with Crippen molar-refractivity contribution in [1.29, 1.82) is 0 Å². The first-order valence-corrected chi connectivity index (χ1v) is 6.85. The average Bonchev–Trinajstić information content (AvgIpc) is 2.52. The molecule has 2 nitrogen and oxygen atoms in total. The van der Waals surface area contributed by atoms with E-state index in [1.54, 1.807) is 18.2 Å². The molecule has 0 N–H and O–H groups in total. The lowest BCUT2D eigenvalue weighted by Gasteiger charge is -2.07. The van der Waals surface area contributed by atoms with Gasteiger partial charge in [0, 0.05) is 11.1 Å². The first-order chi connectivity index (χ1) is 10.8. The molecule has 2 aromatic rings. The third kappa shape index (κ3) is 4.29. The van der Waals surface area contributed by atoms with E-state index in [0.717, 1.165) is 18.2 Å². The van der Waals surface area contributed by atoms with E-state index in [1.165, 1.54) is 24.3 Å². The van der Waals surface area contributed by atoms with Gasteiger partial charge in [0.1, 0.15) is 0 Å². The molecule has 0 aliphatic heterocycles. The number of carbonyl (C=O) groups is 2. The fourth-order valence-corrected chi connectivity index (χ4v) is 2.10. The van der Waals surface area contributed by atoms with Crippen molar-refractivity contribution in [2.75, 3.05) is 0 Å². The Kier molecular flexibility index (Phi) is 5.01. The Bertz CT molecular complexity index is 779. The standard InChI is InChI=1S/C17H10ClF3O2/c18-16(23)14-7-2-1-4-11(14)8-9-15(22)12-5-3-6-13(10-12)17(19,20)21/h1-10H. The van der Waals surface area contributed by atoms with E-state index in [2.05, 4.69) is 0 Å². The SMILES string of the molecule is O=C(C=Cc1ccccc1C(=O)Cl)c1cccc(C(F)(F)F)c1. The number of hydrogen-bond acceptors (Lipinski definition) is 2. The summed E-state index contributed by atoms with van der Waals surface area (Å²) in [5, 5.41) is -0.684. The number of benzene rings is 2. The molecule has 0 saturated carbocycles. The molecule has 2 aromatic carbocycles. The molecule has 118 valence electrons. The molecule has 0 aliphatic carbocycles. The van der Waals surface area contributed by atoms with E-state index < -0.39 is 22.8 Å². The third-order valence-electron chi connectivity index (χ3n) is 3.06. The Morgan fingerprint density at radius 2 is 1.70 bits per heavy atom. The van der Waals surface area contributed by atoms with Crippen LogP contribution in [0.15, 0.2) is 54.6 Å². The molecule has 0 radical (unpaired) electrons. The van der Waals surface area contributed by atoms with E-state index in [4.69, 9.17) is 11.6 Å². The fourth-order valence-electron chi connectivity index (χ4n) is 1.93. The lowest BCUT2D eigenvalue weighted by Crippen LogP contribution is -2.06. The molecule has 0 spiro atoms. The van der Waals surface area contributed by atoms with E-state index in [1.807, 2.05) is 0 Å². The highest BCUT2D eigenvalue weighted by molar-refractivity contribution is 6.68. The molecule has 0 aliphatic rings. The molecule has 0 saturated heterocycles. The minimum Gasteiger partial charge on any atom is -0.289 e. The summed E-state index contributed by atoms with van der Waals surface area (Å²) in [6, 6.07) is 10.5. The van der Waals surface area contributed by atoms with Crippen molar-refractivity contribution >= 4 is 28.7 Å². The molecule has 2 rings (SSSR count). The second kappa shape index (κ2) is 6.79. The number of carbonyl (C=O) groups excluding carboxylic acids is 2. The van der Waals surface area contributed by atoms with Crippen LogP contribution in [0, 0.1) is 0 Å². The topological polar surface area (TPSA) is 34.1 Å².